The zero-order chi connectivity index (χ0) is 17.7. The van der Waals surface area contributed by atoms with Crippen LogP contribution < -0.4 is 5.32 Å². The van der Waals surface area contributed by atoms with Gasteiger partial charge in [-0.25, -0.2) is 4.98 Å². The number of carbonyl (C=O) groups is 2. The van der Waals surface area contributed by atoms with Crippen molar-refractivity contribution in [1.82, 2.24) is 4.98 Å². The first kappa shape index (κ1) is 17.5. The minimum absolute atomic E-state index is 0.0240. The number of amides is 1. The van der Waals surface area contributed by atoms with Gasteiger partial charge in [-0.05, 0) is 19.9 Å². The van der Waals surface area contributed by atoms with E-state index in [1.165, 1.54) is 18.2 Å². The number of benzene rings is 1. The highest BCUT2D eigenvalue weighted by Crippen LogP contribution is 2.21. The first-order valence-electron chi connectivity index (χ1n) is 7.07. The van der Waals surface area contributed by atoms with Gasteiger partial charge in [-0.3, -0.25) is 25.0 Å². The Morgan fingerprint density at radius 3 is 2.83 bits per heavy atom. The molecule has 24 heavy (non-hydrogen) atoms. The molecule has 0 bridgehead atoms. The lowest BCUT2D eigenvalue weighted by Crippen LogP contribution is -2.12. The van der Waals surface area contributed by atoms with Gasteiger partial charge in [0.1, 0.15) is 0 Å². The molecular weight excluding hydrogens is 334 g/mol. The first-order valence-corrected chi connectivity index (χ1v) is 7.95. The molecule has 1 aromatic heterocycles. The molecule has 0 aliphatic carbocycles. The van der Waals surface area contributed by atoms with E-state index in [1.807, 2.05) is 0 Å². The zero-order valence-electron chi connectivity index (χ0n) is 13.1. The van der Waals surface area contributed by atoms with E-state index >= 15 is 0 Å². The summed E-state index contributed by atoms with van der Waals surface area (Å²) in [7, 11) is 0. The van der Waals surface area contributed by atoms with Crippen LogP contribution in [0.4, 0.5) is 10.8 Å². The van der Waals surface area contributed by atoms with Crippen molar-refractivity contribution in [2.45, 2.75) is 20.3 Å². The third-order valence-electron chi connectivity index (χ3n) is 3.07. The van der Waals surface area contributed by atoms with E-state index in [0.717, 1.165) is 11.3 Å². The highest BCUT2D eigenvalue weighted by Gasteiger charge is 2.16. The van der Waals surface area contributed by atoms with E-state index in [-0.39, 0.29) is 17.7 Å². The molecule has 0 fully saturated rings. The Bertz CT molecular complexity index is 787. The average molecular weight is 349 g/mol. The van der Waals surface area contributed by atoms with Crippen molar-refractivity contribution in [2.75, 3.05) is 11.9 Å². The fourth-order valence-electron chi connectivity index (χ4n) is 1.92. The smallest absolute Gasteiger partial charge is 0.311 e. The number of carbonyl (C=O) groups excluding carboxylic acids is 2. The van der Waals surface area contributed by atoms with E-state index in [4.69, 9.17) is 4.74 Å². The molecule has 1 aromatic carbocycles. The molecule has 1 amide bonds. The molecule has 0 aliphatic rings. The van der Waals surface area contributed by atoms with Gasteiger partial charge in [0, 0.05) is 22.6 Å². The molecule has 0 saturated heterocycles. The fourth-order valence-corrected chi connectivity index (χ4v) is 2.63. The number of thiazole rings is 1. The first-order chi connectivity index (χ1) is 11.4. The summed E-state index contributed by atoms with van der Waals surface area (Å²) in [6.45, 7) is 3.60. The van der Waals surface area contributed by atoms with Crippen LogP contribution in [-0.4, -0.2) is 28.4 Å². The molecule has 0 saturated carbocycles. The molecule has 9 heteroatoms. The number of aryl methyl sites for hydroxylation is 1. The lowest BCUT2D eigenvalue weighted by molar-refractivity contribution is -0.385. The number of rotatable bonds is 6. The number of nitrogens with zero attached hydrogens (tertiary/aromatic N) is 2. The van der Waals surface area contributed by atoms with Gasteiger partial charge in [-0.1, -0.05) is 6.07 Å². The van der Waals surface area contributed by atoms with Crippen LogP contribution in [0.3, 0.4) is 0 Å². The molecule has 2 aromatic rings. The number of aromatic nitrogens is 1. The number of esters is 1. The summed E-state index contributed by atoms with van der Waals surface area (Å²) in [5.41, 5.74) is 1.00. The average Bonchev–Trinajstić information content (AvgIpc) is 2.94. The second-order valence-electron chi connectivity index (χ2n) is 4.84. The second-order valence-corrected chi connectivity index (χ2v) is 5.70. The summed E-state index contributed by atoms with van der Waals surface area (Å²) in [4.78, 5) is 38.1. The molecule has 0 unspecified atom stereocenters. The lowest BCUT2D eigenvalue weighted by atomic mass is 10.1. The van der Waals surface area contributed by atoms with Gasteiger partial charge in [0.05, 0.1) is 23.6 Å². The topological polar surface area (TPSA) is 111 Å². The van der Waals surface area contributed by atoms with Crippen LogP contribution in [0.5, 0.6) is 0 Å². The van der Waals surface area contributed by atoms with Crippen molar-refractivity contribution >= 4 is 34.0 Å². The normalized spacial score (nSPS) is 10.2. The third kappa shape index (κ3) is 4.35. The quantitative estimate of drug-likeness (QED) is 0.487. The monoisotopic (exact) mass is 349 g/mol. The summed E-state index contributed by atoms with van der Waals surface area (Å²) >= 11 is 1.16. The van der Waals surface area contributed by atoms with Gasteiger partial charge >= 0.3 is 5.97 Å². The Morgan fingerprint density at radius 1 is 1.42 bits per heavy atom. The molecule has 0 aliphatic heterocycles. The fraction of sp³-hybridized carbons (Fsp3) is 0.267. The maximum atomic E-state index is 12.2. The van der Waals surface area contributed by atoms with E-state index in [1.54, 1.807) is 19.2 Å². The van der Waals surface area contributed by atoms with Crippen LogP contribution >= 0.6 is 11.3 Å². The van der Waals surface area contributed by atoms with E-state index in [2.05, 4.69) is 10.3 Å². The number of anilines is 1. The molecular formula is C15H15N3O5S. The predicted molar refractivity (Wildman–Crippen MR) is 88.2 cm³/mol. The van der Waals surface area contributed by atoms with Gasteiger partial charge in [-0.2, -0.15) is 0 Å². The highest BCUT2D eigenvalue weighted by molar-refractivity contribution is 7.14. The maximum absolute atomic E-state index is 12.2. The van der Waals surface area contributed by atoms with Gasteiger partial charge < -0.3 is 4.74 Å². The number of nitro benzene ring substituents is 1. The number of ether oxygens (including phenoxy) is 1. The van der Waals surface area contributed by atoms with Crippen LogP contribution in [-0.2, 0) is 16.0 Å². The van der Waals surface area contributed by atoms with Gasteiger partial charge in [0.15, 0.2) is 5.13 Å². The second kappa shape index (κ2) is 7.64. The molecule has 0 radical (unpaired) electrons. The number of hydrogen-bond donors (Lipinski definition) is 1. The Kier molecular flexibility index (Phi) is 5.59. The summed E-state index contributed by atoms with van der Waals surface area (Å²) in [6.07, 6.45) is 0.0240. The van der Waals surface area contributed by atoms with Crippen molar-refractivity contribution in [1.29, 1.82) is 0 Å². The summed E-state index contributed by atoms with van der Waals surface area (Å²) in [5, 5.41) is 15.4. The standard InChI is InChI=1S/C15H15N3O5S/c1-3-23-13(19)7-11-8-24-15(16-11)17-14(20)10-5-4-9(2)12(6-10)18(21)22/h4-6,8H,3,7H2,1-2H3,(H,16,17,20). The third-order valence-corrected chi connectivity index (χ3v) is 3.88. The number of nitrogens with one attached hydrogen (secondary N) is 1. The molecule has 8 nitrogen and oxygen atoms in total. The highest BCUT2D eigenvalue weighted by atomic mass is 32.1. The van der Waals surface area contributed by atoms with E-state index in [0.29, 0.717) is 23.0 Å². The molecule has 126 valence electrons. The summed E-state index contributed by atoms with van der Waals surface area (Å²) in [5.74, 6) is -0.898. The van der Waals surface area contributed by atoms with Crippen LogP contribution in [0.15, 0.2) is 23.6 Å². The van der Waals surface area contributed by atoms with E-state index in [9.17, 15) is 19.7 Å². The van der Waals surface area contributed by atoms with Crippen LogP contribution in [0.25, 0.3) is 0 Å². The van der Waals surface area contributed by atoms with Gasteiger partial charge in [0.25, 0.3) is 11.6 Å². The van der Waals surface area contributed by atoms with E-state index < -0.39 is 16.8 Å². The molecule has 0 spiro atoms. The minimum Gasteiger partial charge on any atom is -0.466 e. The Balaban J connectivity index is 2.07. The van der Waals surface area contributed by atoms with Gasteiger partial charge in [-0.15, -0.1) is 11.3 Å². The summed E-state index contributed by atoms with van der Waals surface area (Å²) < 4.78 is 4.83. The molecule has 0 atom stereocenters. The Hall–Kier alpha value is -2.81. The molecule has 1 heterocycles. The molecule has 1 N–H and O–H groups in total. The van der Waals surface area contributed by atoms with Gasteiger partial charge in [0.2, 0.25) is 0 Å². The van der Waals surface area contributed by atoms with Crippen LogP contribution in [0.2, 0.25) is 0 Å². The Labute approximate surface area is 141 Å². The number of nitro groups is 1. The van der Waals surface area contributed by atoms with Crippen molar-refractivity contribution in [3.05, 3.63) is 50.5 Å². The van der Waals surface area contributed by atoms with Crippen LogP contribution in [0, 0.1) is 17.0 Å². The Morgan fingerprint density at radius 2 is 2.17 bits per heavy atom. The van der Waals surface area contributed by atoms with Crippen molar-refractivity contribution in [3.63, 3.8) is 0 Å². The number of hydrogen-bond acceptors (Lipinski definition) is 7. The van der Waals surface area contributed by atoms with Crippen molar-refractivity contribution in [2.24, 2.45) is 0 Å². The molecule has 2 rings (SSSR count). The largest absolute Gasteiger partial charge is 0.466 e. The van der Waals surface area contributed by atoms with Crippen LogP contribution in [0.1, 0.15) is 28.5 Å². The maximum Gasteiger partial charge on any atom is 0.311 e. The SMILES string of the molecule is CCOC(=O)Cc1csc(NC(=O)c2ccc(C)c([N+](=O)[O-])c2)n1. The summed E-state index contributed by atoms with van der Waals surface area (Å²) in [6, 6.07) is 4.24. The van der Waals surface area contributed by atoms with Crippen molar-refractivity contribution in [3.8, 4) is 0 Å². The predicted octanol–water partition coefficient (Wildman–Crippen LogP) is 2.72. The van der Waals surface area contributed by atoms with Crippen molar-refractivity contribution < 1.29 is 19.2 Å². The zero-order valence-corrected chi connectivity index (χ0v) is 13.9. The lowest BCUT2D eigenvalue weighted by Gasteiger charge is -2.03. The minimum atomic E-state index is -0.535.